The van der Waals surface area contributed by atoms with Crippen molar-refractivity contribution in [1.82, 2.24) is 13.6 Å². The van der Waals surface area contributed by atoms with Gasteiger partial charge in [-0.3, -0.25) is 9.59 Å². The quantitative estimate of drug-likeness (QED) is 0.0912. The summed E-state index contributed by atoms with van der Waals surface area (Å²) in [6.45, 7) is 5.41. The number of aromatic nitrogens is 1. The molecule has 1 aliphatic rings. The fraction of sp³-hybridized carbons (Fsp3) is 0.538. The Labute approximate surface area is 347 Å². The molecule has 2 aromatic carbocycles. The molecule has 1 saturated carbocycles. The number of nitrogens with zero attached hydrogens (tertiary/aromatic N) is 2. The van der Waals surface area contributed by atoms with E-state index < -0.39 is 39.8 Å². The van der Waals surface area contributed by atoms with Crippen LogP contribution in [0.3, 0.4) is 0 Å². The van der Waals surface area contributed by atoms with Gasteiger partial charge in [-0.1, -0.05) is 43.9 Å². The minimum Gasteiger partial charge on any atom is -0.481 e. The monoisotopic (exact) mass is 881 g/mol. The lowest BCUT2D eigenvalue weighted by Crippen LogP contribution is -2.41. The van der Waals surface area contributed by atoms with E-state index in [0.29, 0.717) is 30.9 Å². The highest BCUT2D eigenvalue weighted by Crippen LogP contribution is 2.46. The Morgan fingerprint density at radius 1 is 0.966 bits per heavy atom. The molecular weight excluding hydrogens is 830 g/mol. The number of alkyl halides is 5. The minimum atomic E-state index is -5.08. The largest absolute Gasteiger partial charge is 0.490 e. The summed E-state index contributed by atoms with van der Waals surface area (Å²) in [7, 11) is 0.564. The fourth-order valence-electron chi connectivity index (χ4n) is 6.27. The first-order valence-corrected chi connectivity index (χ1v) is 20.9. The van der Waals surface area contributed by atoms with Crippen molar-refractivity contribution < 1.29 is 60.1 Å². The fourth-order valence-corrected chi connectivity index (χ4v) is 7.15. The molecule has 0 bridgehead atoms. The first kappa shape index (κ1) is 50.1. The predicted octanol–water partition coefficient (Wildman–Crippen LogP) is 8.31. The van der Waals surface area contributed by atoms with Gasteiger partial charge in [0.25, 0.3) is 5.91 Å². The summed E-state index contributed by atoms with van der Waals surface area (Å²) < 4.78 is 79.2. The Morgan fingerprint density at radius 3 is 2.14 bits per heavy atom. The standard InChI is InChI=1S/C36H49N3O8S.C2HF3O2.CH2Cl2/c1-36(2,3)47-31(40)19-11-8-14-22-38(4)48(43,44)37-35(42)26-20-21-27-29(23-26)39(5)34(33(27)25-15-9-7-10-16-25)28-17-12-13-18-30(28)46-24-32(41)45-6;3-2(4,5)1(6)7;2-1-3/h12-13,17-18,20-21,23,25H,7-11,14-16,19,22,24H2,1-6H3,(H,37,42);(H,6,7);1H2. The van der Waals surface area contributed by atoms with Crippen molar-refractivity contribution in [2.45, 2.75) is 96.3 Å². The Bertz CT molecular complexity index is 1960. The third-order valence-electron chi connectivity index (χ3n) is 8.88. The van der Waals surface area contributed by atoms with Crippen molar-refractivity contribution in [1.29, 1.82) is 0 Å². The highest BCUT2D eigenvalue weighted by molar-refractivity contribution is 7.87. The van der Waals surface area contributed by atoms with E-state index in [1.807, 2.05) is 62.7 Å². The molecule has 0 unspecified atom stereocenters. The predicted molar refractivity (Wildman–Crippen MR) is 215 cm³/mol. The topological polar surface area (TPSA) is 171 Å². The number of hydrogen-bond donors (Lipinski definition) is 2. The number of methoxy groups -OCH3 is 1. The molecule has 3 aromatic rings. The van der Waals surface area contributed by atoms with Crippen molar-refractivity contribution in [3.8, 4) is 17.0 Å². The van der Waals surface area contributed by atoms with Crippen LogP contribution in [0.1, 0.15) is 100 Å². The lowest BCUT2D eigenvalue weighted by molar-refractivity contribution is -0.192. The summed E-state index contributed by atoms with van der Waals surface area (Å²) >= 11 is 9.53. The van der Waals surface area contributed by atoms with Gasteiger partial charge in [0.1, 0.15) is 11.4 Å². The van der Waals surface area contributed by atoms with Crippen LogP contribution in [0.5, 0.6) is 5.75 Å². The molecule has 2 N–H and O–H groups in total. The molecule has 1 aliphatic carbocycles. The van der Waals surface area contributed by atoms with Crippen molar-refractivity contribution in [2.75, 3.05) is 32.6 Å². The number of unbranched alkanes of at least 4 members (excludes halogenated alkanes) is 2. The number of carbonyl (C=O) groups excluding carboxylic acids is 3. The average molecular weight is 883 g/mol. The number of carboxylic acid groups (broad SMARTS) is 1. The van der Waals surface area contributed by atoms with Gasteiger partial charge in [-0.2, -0.15) is 25.9 Å². The number of ether oxygens (including phenoxy) is 3. The van der Waals surface area contributed by atoms with Crippen molar-refractivity contribution in [2.24, 2.45) is 7.05 Å². The molecule has 0 radical (unpaired) electrons. The zero-order chi connectivity index (χ0) is 43.8. The van der Waals surface area contributed by atoms with E-state index in [1.54, 1.807) is 12.1 Å². The SMILES string of the molecule is COC(=O)COc1ccccc1-c1c(C2CCCCC2)c2ccc(C(=O)NS(=O)(=O)N(C)CCCCCC(=O)OC(C)(C)C)cc2n1C.ClCCl.O=C(O)C(F)(F)F. The van der Waals surface area contributed by atoms with Crippen LogP contribution in [0.2, 0.25) is 0 Å². The number of carboxylic acids is 1. The van der Waals surface area contributed by atoms with Crippen LogP contribution in [0.15, 0.2) is 42.5 Å². The van der Waals surface area contributed by atoms with Gasteiger partial charge in [0.15, 0.2) is 6.61 Å². The van der Waals surface area contributed by atoms with Gasteiger partial charge < -0.3 is 23.9 Å². The number of esters is 2. The molecular formula is C39H52Cl2F3N3O10S. The van der Waals surface area contributed by atoms with E-state index >= 15 is 0 Å². The summed E-state index contributed by atoms with van der Waals surface area (Å²) in [5, 5.41) is 8.31. The number of rotatable bonds is 14. The summed E-state index contributed by atoms with van der Waals surface area (Å²) in [5.74, 6) is -3.40. The van der Waals surface area contributed by atoms with E-state index in [4.69, 9.17) is 47.3 Å². The molecule has 324 valence electrons. The van der Waals surface area contributed by atoms with Gasteiger partial charge >= 0.3 is 34.3 Å². The zero-order valence-electron chi connectivity index (χ0n) is 33.4. The number of aryl methyl sites for hydroxylation is 1. The number of fused-ring (bicyclic) bond motifs is 1. The van der Waals surface area contributed by atoms with Crippen molar-refractivity contribution in [3.05, 3.63) is 53.6 Å². The molecule has 13 nitrogen and oxygen atoms in total. The number of halogens is 5. The summed E-state index contributed by atoms with van der Waals surface area (Å²) in [6, 6.07) is 12.8. The van der Waals surface area contributed by atoms with Crippen molar-refractivity contribution >= 4 is 68.1 Å². The van der Waals surface area contributed by atoms with Crippen molar-refractivity contribution in [3.63, 3.8) is 0 Å². The number of nitrogens with one attached hydrogen (secondary N) is 1. The Kier molecular flexibility index (Phi) is 19.8. The second kappa shape index (κ2) is 22.9. The second-order valence-corrected chi connectivity index (χ2v) is 16.9. The molecule has 19 heteroatoms. The Hall–Kier alpha value is -4.06. The maximum atomic E-state index is 13.3. The molecule has 0 saturated heterocycles. The summed E-state index contributed by atoms with van der Waals surface area (Å²) in [4.78, 5) is 46.0. The van der Waals surface area contributed by atoms with Crippen LogP contribution in [0.4, 0.5) is 13.2 Å². The smallest absolute Gasteiger partial charge is 0.481 e. The summed E-state index contributed by atoms with van der Waals surface area (Å²) in [6.07, 6.45) is 2.43. The van der Waals surface area contributed by atoms with Gasteiger partial charge in [0.05, 0.1) is 18.1 Å². The molecule has 58 heavy (non-hydrogen) atoms. The van der Waals surface area contributed by atoms with E-state index in [-0.39, 0.29) is 36.4 Å². The number of benzene rings is 2. The maximum Gasteiger partial charge on any atom is 0.490 e. The van der Waals surface area contributed by atoms with E-state index in [2.05, 4.69) is 4.72 Å². The van der Waals surface area contributed by atoms with E-state index in [0.717, 1.165) is 57.7 Å². The van der Waals surface area contributed by atoms with Crippen LogP contribution in [-0.2, 0) is 41.1 Å². The van der Waals surface area contributed by atoms with E-state index in [9.17, 15) is 36.0 Å². The van der Waals surface area contributed by atoms with Gasteiger partial charge in [-0.25, -0.2) is 14.3 Å². The number of carbonyl (C=O) groups is 4. The molecule has 0 aliphatic heterocycles. The highest BCUT2D eigenvalue weighted by Gasteiger charge is 2.38. The highest BCUT2D eigenvalue weighted by atomic mass is 35.5. The van der Waals surface area contributed by atoms with E-state index in [1.165, 1.54) is 20.6 Å². The number of aliphatic carboxylic acids is 1. The third-order valence-corrected chi connectivity index (χ3v) is 10.3. The lowest BCUT2D eigenvalue weighted by atomic mass is 9.81. The first-order valence-electron chi connectivity index (χ1n) is 18.4. The van der Waals surface area contributed by atoms with Gasteiger partial charge in [0.2, 0.25) is 0 Å². The maximum absolute atomic E-state index is 13.3. The Morgan fingerprint density at radius 2 is 1.57 bits per heavy atom. The number of hydrogen-bond acceptors (Lipinski definition) is 9. The summed E-state index contributed by atoms with van der Waals surface area (Å²) in [5.41, 5.74) is 3.39. The molecule has 0 spiro atoms. The lowest BCUT2D eigenvalue weighted by Gasteiger charge is -2.24. The number of para-hydroxylation sites is 1. The van der Waals surface area contributed by atoms with Crippen LogP contribution < -0.4 is 9.46 Å². The average Bonchev–Trinajstić information content (AvgIpc) is 3.44. The van der Waals surface area contributed by atoms with Crippen LogP contribution in [0.25, 0.3) is 22.2 Å². The molecule has 0 atom stereocenters. The first-order chi connectivity index (χ1) is 27.1. The molecule has 1 fully saturated rings. The van der Waals surface area contributed by atoms with Crippen LogP contribution in [0, 0.1) is 0 Å². The van der Waals surface area contributed by atoms with Gasteiger partial charge in [-0.15, -0.1) is 23.2 Å². The normalized spacial score (nSPS) is 13.4. The molecule has 1 heterocycles. The van der Waals surface area contributed by atoms with Crippen LogP contribution >= 0.6 is 23.2 Å². The van der Waals surface area contributed by atoms with Gasteiger partial charge in [-0.05, 0) is 82.2 Å². The molecule has 1 aromatic heterocycles. The second-order valence-electron chi connectivity index (χ2n) is 14.3. The zero-order valence-corrected chi connectivity index (χ0v) is 35.7. The molecule has 1 amide bonds. The molecule has 4 rings (SSSR count). The Balaban J connectivity index is 0.00000103. The number of amides is 1. The van der Waals surface area contributed by atoms with Gasteiger partial charge in [0, 0.05) is 49.1 Å². The third kappa shape index (κ3) is 15.6. The minimum absolute atomic E-state index is 0.194. The van der Waals surface area contributed by atoms with Crippen LogP contribution in [-0.4, -0.2) is 90.6 Å².